The zero-order chi connectivity index (χ0) is 19.3. The van der Waals surface area contributed by atoms with Crippen LogP contribution in [0.2, 0.25) is 0 Å². The second-order valence-electron chi connectivity index (χ2n) is 7.00. The van der Waals surface area contributed by atoms with E-state index in [9.17, 15) is 4.79 Å². The minimum atomic E-state index is -0.0174. The minimum absolute atomic E-state index is 0.0000167. The van der Waals surface area contributed by atoms with Gasteiger partial charge in [-0.15, -0.1) is 10.2 Å². The molecular weight excluding hydrogens is 352 g/mol. The van der Waals surface area contributed by atoms with Crippen LogP contribution < -0.4 is 10.1 Å². The van der Waals surface area contributed by atoms with E-state index in [4.69, 9.17) is 4.74 Å². The van der Waals surface area contributed by atoms with Crippen LogP contribution in [0.5, 0.6) is 5.75 Å². The van der Waals surface area contributed by atoms with Gasteiger partial charge in [-0.3, -0.25) is 4.79 Å². The molecule has 0 bridgehead atoms. The topological polar surface area (TPSA) is 69.0 Å². The molecule has 1 aliphatic heterocycles. The number of nitrogens with zero attached hydrogens (tertiary/aromatic N) is 3. The Kier molecular flexibility index (Phi) is 5.37. The van der Waals surface area contributed by atoms with Crippen LogP contribution in [-0.2, 0) is 24.3 Å². The van der Waals surface area contributed by atoms with E-state index in [1.165, 1.54) is 0 Å². The Morgan fingerprint density at radius 1 is 1.11 bits per heavy atom. The summed E-state index contributed by atoms with van der Waals surface area (Å²) in [6, 6.07) is 18.0. The standard InChI is InChI=1S/C22H24N4O2/c1-28-18-11-9-17(10-12-18)19(16-6-3-2-4-7-16)14-22(27)23-15-21-25-24-20-8-5-13-26(20)21/h2-4,6-7,9-12,19H,5,8,13-15H2,1H3,(H,23,27)/t19-/m0/s1. The highest BCUT2D eigenvalue weighted by Crippen LogP contribution is 2.29. The largest absolute Gasteiger partial charge is 0.497 e. The van der Waals surface area contributed by atoms with Crippen LogP contribution in [0.15, 0.2) is 54.6 Å². The fourth-order valence-corrected chi connectivity index (χ4v) is 3.73. The van der Waals surface area contributed by atoms with Gasteiger partial charge in [-0.1, -0.05) is 42.5 Å². The van der Waals surface area contributed by atoms with E-state index < -0.39 is 0 Å². The highest BCUT2D eigenvalue weighted by Gasteiger charge is 2.20. The molecule has 1 aliphatic rings. The molecule has 6 heteroatoms. The zero-order valence-corrected chi connectivity index (χ0v) is 16.0. The Morgan fingerprint density at radius 3 is 2.61 bits per heavy atom. The summed E-state index contributed by atoms with van der Waals surface area (Å²) < 4.78 is 7.37. The first-order valence-corrected chi connectivity index (χ1v) is 9.61. The lowest BCUT2D eigenvalue weighted by molar-refractivity contribution is -0.121. The maximum Gasteiger partial charge on any atom is 0.221 e. The van der Waals surface area contributed by atoms with E-state index in [1.807, 2.05) is 42.5 Å². The third-order valence-corrected chi connectivity index (χ3v) is 5.24. The highest BCUT2D eigenvalue weighted by atomic mass is 16.5. The fraction of sp³-hybridized carbons (Fsp3) is 0.318. The van der Waals surface area contributed by atoms with Crippen molar-refractivity contribution in [2.75, 3.05) is 7.11 Å². The molecule has 0 saturated heterocycles. The average molecular weight is 376 g/mol. The Hall–Kier alpha value is -3.15. The second-order valence-corrected chi connectivity index (χ2v) is 7.00. The first-order valence-electron chi connectivity index (χ1n) is 9.61. The van der Waals surface area contributed by atoms with Crippen molar-refractivity contribution in [3.63, 3.8) is 0 Å². The van der Waals surface area contributed by atoms with Crippen LogP contribution in [0.25, 0.3) is 0 Å². The maximum absolute atomic E-state index is 12.7. The van der Waals surface area contributed by atoms with E-state index in [-0.39, 0.29) is 11.8 Å². The van der Waals surface area contributed by atoms with Crippen molar-refractivity contribution in [2.24, 2.45) is 0 Å². The summed E-state index contributed by atoms with van der Waals surface area (Å²) in [5.41, 5.74) is 2.21. The summed E-state index contributed by atoms with van der Waals surface area (Å²) in [7, 11) is 1.65. The molecule has 1 N–H and O–H groups in total. The number of aryl methyl sites for hydroxylation is 1. The number of hydrogen-bond acceptors (Lipinski definition) is 4. The number of ether oxygens (including phenoxy) is 1. The molecule has 3 aromatic rings. The molecule has 144 valence electrons. The van der Waals surface area contributed by atoms with Gasteiger partial charge in [0.2, 0.25) is 5.91 Å². The predicted octanol–water partition coefficient (Wildman–Crippen LogP) is 3.07. The van der Waals surface area contributed by atoms with Crippen molar-refractivity contribution in [2.45, 2.75) is 38.3 Å². The number of hydrogen-bond donors (Lipinski definition) is 1. The number of benzene rings is 2. The molecule has 0 spiro atoms. The number of rotatable bonds is 7. The number of methoxy groups -OCH3 is 1. The average Bonchev–Trinajstić information content (AvgIpc) is 3.35. The van der Waals surface area contributed by atoms with Crippen molar-refractivity contribution >= 4 is 5.91 Å². The molecule has 0 aliphatic carbocycles. The normalized spacial score (nSPS) is 13.8. The van der Waals surface area contributed by atoms with Crippen LogP contribution in [0.4, 0.5) is 0 Å². The molecule has 1 atom stereocenters. The Balaban J connectivity index is 1.47. The van der Waals surface area contributed by atoms with E-state index in [2.05, 4.69) is 32.2 Å². The Labute approximate surface area is 164 Å². The van der Waals surface area contributed by atoms with E-state index in [1.54, 1.807) is 7.11 Å². The van der Waals surface area contributed by atoms with Gasteiger partial charge in [-0.05, 0) is 29.7 Å². The molecule has 1 aromatic heterocycles. The third kappa shape index (κ3) is 3.91. The smallest absolute Gasteiger partial charge is 0.221 e. The van der Waals surface area contributed by atoms with E-state index >= 15 is 0 Å². The quantitative estimate of drug-likeness (QED) is 0.688. The summed E-state index contributed by atoms with van der Waals surface area (Å²) in [6.45, 7) is 1.35. The van der Waals surface area contributed by atoms with Crippen molar-refractivity contribution in [3.05, 3.63) is 77.4 Å². The van der Waals surface area contributed by atoms with Gasteiger partial charge in [0.15, 0.2) is 5.82 Å². The van der Waals surface area contributed by atoms with E-state index in [0.29, 0.717) is 13.0 Å². The SMILES string of the molecule is COc1ccc([C@@H](CC(=O)NCc2nnc3n2CCC3)c2ccccc2)cc1. The number of carbonyl (C=O) groups excluding carboxylic acids is 1. The molecular formula is C22H24N4O2. The van der Waals surface area contributed by atoms with Crippen molar-refractivity contribution in [1.82, 2.24) is 20.1 Å². The van der Waals surface area contributed by atoms with Gasteiger partial charge in [0, 0.05) is 25.3 Å². The van der Waals surface area contributed by atoms with E-state index in [0.717, 1.165) is 47.9 Å². The van der Waals surface area contributed by atoms with Gasteiger partial charge >= 0.3 is 0 Å². The predicted molar refractivity (Wildman–Crippen MR) is 106 cm³/mol. The monoisotopic (exact) mass is 376 g/mol. The molecule has 0 saturated carbocycles. The lowest BCUT2D eigenvalue weighted by Crippen LogP contribution is -2.26. The lowest BCUT2D eigenvalue weighted by atomic mass is 9.88. The second kappa shape index (κ2) is 8.25. The molecule has 4 rings (SSSR count). The summed E-state index contributed by atoms with van der Waals surface area (Å²) in [4.78, 5) is 12.7. The Morgan fingerprint density at radius 2 is 1.86 bits per heavy atom. The van der Waals surface area contributed by atoms with Gasteiger partial charge in [-0.25, -0.2) is 0 Å². The van der Waals surface area contributed by atoms with Crippen LogP contribution in [0.3, 0.4) is 0 Å². The molecule has 1 amide bonds. The maximum atomic E-state index is 12.7. The van der Waals surface area contributed by atoms with Gasteiger partial charge in [-0.2, -0.15) is 0 Å². The van der Waals surface area contributed by atoms with Crippen LogP contribution in [0, 0.1) is 0 Å². The zero-order valence-electron chi connectivity index (χ0n) is 16.0. The molecule has 0 radical (unpaired) electrons. The van der Waals surface area contributed by atoms with Gasteiger partial charge < -0.3 is 14.6 Å². The van der Waals surface area contributed by atoms with Gasteiger partial charge in [0.05, 0.1) is 13.7 Å². The van der Waals surface area contributed by atoms with Gasteiger partial charge in [0.1, 0.15) is 11.6 Å². The first kappa shape index (κ1) is 18.2. The summed E-state index contributed by atoms with van der Waals surface area (Å²) in [6.07, 6.45) is 2.44. The summed E-state index contributed by atoms with van der Waals surface area (Å²) >= 11 is 0. The number of aromatic nitrogens is 3. The number of carbonyl (C=O) groups is 1. The van der Waals surface area contributed by atoms with Crippen molar-refractivity contribution in [3.8, 4) is 5.75 Å². The molecule has 0 fully saturated rings. The molecule has 0 unspecified atom stereocenters. The number of fused-ring (bicyclic) bond motifs is 1. The van der Waals surface area contributed by atoms with Crippen molar-refractivity contribution < 1.29 is 9.53 Å². The number of nitrogens with one attached hydrogen (secondary N) is 1. The van der Waals surface area contributed by atoms with Crippen LogP contribution in [-0.4, -0.2) is 27.8 Å². The van der Waals surface area contributed by atoms with Crippen LogP contribution >= 0.6 is 0 Å². The van der Waals surface area contributed by atoms with Crippen molar-refractivity contribution in [1.29, 1.82) is 0 Å². The Bertz CT molecular complexity index is 935. The minimum Gasteiger partial charge on any atom is -0.497 e. The summed E-state index contributed by atoms with van der Waals surface area (Å²) in [5.74, 6) is 2.64. The molecule has 2 heterocycles. The highest BCUT2D eigenvalue weighted by molar-refractivity contribution is 5.77. The first-order chi connectivity index (χ1) is 13.7. The lowest BCUT2D eigenvalue weighted by Gasteiger charge is -2.18. The fourth-order valence-electron chi connectivity index (χ4n) is 3.73. The molecule has 28 heavy (non-hydrogen) atoms. The summed E-state index contributed by atoms with van der Waals surface area (Å²) in [5, 5.41) is 11.4. The van der Waals surface area contributed by atoms with Gasteiger partial charge in [0.25, 0.3) is 0 Å². The third-order valence-electron chi connectivity index (χ3n) is 5.24. The van der Waals surface area contributed by atoms with Crippen LogP contribution in [0.1, 0.15) is 41.5 Å². The molecule has 2 aromatic carbocycles. The number of amides is 1. The molecule has 6 nitrogen and oxygen atoms in total.